The Labute approximate surface area is 131 Å². The van der Waals surface area contributed by atoms with Gasteiger partial charge in [0.2, 0.25) is 0 Å². The Morgan fingerprint density at radius 2 is 1.85 bits per heavy atom. The third-order valence-corrected chi connectivity index (χ3v) is 4.56. The number of carboxylic acids is 1. The van der Waals surface area contributed by atoms with Gasteiger partial charge in [-0.3, -0.25) is 20.1 Å². The molecule has 0 aliphatic carbocycles. The summed E-state index contributed by atoms with van der Waals surface area (Å²) >= 11 is 2.94. The largest absolute Gasteiger partial charge is 0.481 e. The van der Waals surface area contributed by atoms with Gasteiger partial charge >= 0.3 is 5.97 Å². The lowest BCUT2D eigenvalue weighted by atomic mass is 9.90. The summed E-state index contributed by atoms with van der Waals surface area (Å²) in [7, 11) is 0. The molecule has 3 aliphatic heterocycles. The van der Waals surface area contributed by atoms with Gasteiger partial charge in [-0.25, -0.2) is 0 Å². The van der Waals surface area contributed by atoms with Crippen molar-refractivity contribution in [2.75, 3.05) is 6.54 Å². The van der Waals surface area contributed by atoms with Crippen LogP contribution in [0.25, 0.3) is 0 Å². The van der Waals surface area contributed by atoms with E-state index in [0.717, 1.165) is 0 Å². The molecule has 20 heavy (non-hydrogen) atoms. The Bertz CT molecular complexity index is 424. The van der Waals surface area contributed by atoms with Crippen molar-refractivity contribution in [3.63, 3.8) is 0 Å². The van der Waals surface area contributed by atoms with Crippen LogP contribution >= 0.6 is 36.3 Å². The molecular weight excluding hydrogens is 322 g/mol. The van der Waals surface area contributed by atoms with Crippen LogP contribution in [0.15, 0.2) is 23.2 Å². The van der Waals surface area contributed by atoms with Crippen LogP contribution in [0.2, 0.25) is 0 Å². The maximum absolute atomic E-state index is 11.5. The molecule has 1 saturated heterocycles. The maximum Gasteiger partial charge on any atom is 0.308 e. The normalized spacial score (nSPS) is 32.5. The predicted molar refractivity (Wildman–Crippen MR) is 82.0 cm³/mol. The van der Waals surface area contributed by atoms with Crippen LogP contribution in [0.1, 0.15) is 6.42 Å². The first kappa shape index (κ1) is 15.8. The van der Waals surface area contributed by atoms with E-state index in [2.05, 4.69) is 15.0 Å². The molecule has 0 bridgehead atoms. The summed E-state index contributed by atoms with van der Waals surface area (Å²) in [6.45, 7) is 0.621. The van der Waals surface area contributed by atoms with Gasteiger partial charge in [-0.15, -0.1) is 12.4 Å². The minimum absolute atomic E-state index is 0. The fourth-order valence-electron chi connectivity index (χ4n) is 2.43. The van der Waals surface area contributed by atoms with Crippen LogP contribution in [0, 0.1) is 5.92 Å². The van der Waals surface area contributed by atoms with E-state index in [9.17, 15) is 9.90 Å². The second-order valence-corrected chi connectivity index (χ2v) is 5.86. The van der Waals surface area contributed by atoms with Gasteiger partial charge in [-0.2, -0.15) is 9.66 Å². The van der Waals surface area contributed by atoms with E-state index < -0.39 is 11.9 Å². The molecule has 4 N–H and O–H groups in total. The topological polar surface area (TPSA) is 79.9 Å². The Hall–Kier alpha value is -0.580. The number of nitrogens with zero attached hydrogens (tertiary/aromatic N) is 2. The number of hydrogen-bond acceptors (Lipinski definition) is 8. The minimum atomic E-state index is -0.751. The molecule has 0 aromatic heterocycles. The zero-order chi connectivity index (χ0) is 13.2. The highest BCUT2D eigenvalue weighted by Gasteiger charge is 2.40. The number of piperidine rings is 1. The monoisotopic (exact) mass is 337 g/mol. The van der Waals surface area contributed by atoms with Gasteiger partial charge in [0.1, 0.15) is 0 Å². The molecule has 0 radical (unpaired) electrons. The highest BCUT2D eigenvalue weighted by Crippen LogP contribution is 2.26. The van der Waals surface area contributed by atoms with Crippen molar-refractivity contribution >= 4 is 42.3 Å². The Kier molecular flexibility index (Phi) is 5.47. The molecule has 3 rings (SSSR count). The lowest BCUT2D eigenvalue weighted by Crippen LogP contribution is -2.61. The summed E-state index contributed by atoms with van der Waals surface area (Å²) in [5.41, 5.74) is 0. The summed E-state index contributed by atoms with van der Waals surface area (Å²) in [5, 5.41) is 20.5. The van der Waals surface area contributed by atoms with Gasteiger partial charge in [-0.1, -0.05) is 0 Å². The molecular formula is C10H16ClN5O2S2. The van der Waals surface area contributed by atoms with Crippen molar-refractivity contribution in [2.24, 2.45) is 5.92 Å². The fourth-order valence-corrected chi connectivity index (χ4v) is 3.56. The molecule has 3 heterocycles. The first-order valence-corrected chi connectivity index (χ1v) is 7.70. The molecule has 0 amide bonds. The standard InChI is InChI=1S/C10H15N5O2S2.ClH/c16-10(17)7-5-9(15-2-4-19-13-15)11-6-8(7)14-1-3-18-12-14;/h1-4,7-9,11-13H,5-6H2,(H,16,17);1H. The first-order chi connectivity index (χ1) is 9.25. The Morgan fingerprint density at radius 3 is 2.40 bits per heavy atom. The van der Waals surface area contributed by atoms with Crippen molar-refractivity contribution in [3.8, 4) is 0 Å². The van der Waals surface area contributed by atoms with E-state index in [0.29, 0.717) is 13.0 Å². The number of hydrogen-bond donors (Lipinski definition) is 4. The van der Waals surface area contributed by atoms with Crippen LogP contribution in [-0.4, -0.2) is 39.8 Å². The maximum atomic E-state index is 11.5. The third kappa shape index (κ3) is 3.18. The molecule has 10 heteroatoms. The third-order valence-electron chi connectivity index (χ3n) is 3.41. The number of carbonyl (C=O) groups is 1. The van der Waals surface area contributed by atoms with Crippen molar-refractivity contribution in [1.29, 1.82) is 0 Å². The number of aliphatic carboxylic acids is 1. The molecule has 0 aromatic rings. The molecule has 1 fully saturated rings. The van der Waals surface area contributed by atoms with Crippen molar-refractivity contribution in [1.82, 2.24) is 25.0 Å². The molecule has 3 atom stereocenters. The quantitative estimate of drug-likeness (QED) is 0.556. The number of hydrazine groups is 2. The summed E-state index contributed by atoms with van der Waals surface area (Å²) < 4.78 is 0. The molecule has 0 spiro atoms. The predicted octanol–water partition coefficient (Wildman–Crippen LogP) is 0.676. The average Bonchev–Trinajstić information content (AvgIpc) is 3.11. The Morgan fingerprint density at radius 1 is 1.20 bits per heavy atom. The second kappa shape index (κ2) is 6.92. The zero-order valence-electron chi connectivity index (χ0n) is 10.4. The van der Waals surface area contributed by atoms with E-state index in [-0.39, 0.29) is 24.6 Å². The highest BCUT2D eigenvalue weighted by atomic mass is 35.5. The van der Waals surface area contributed by atoms with Crippen LogP contribution in [-0.2, 0) is 4.79 Å². The average molecular weight is 338 g/mol. The van der Waals surface area contributed by atoms with E-state index in [4.69, 9.17) is 0 Å². The number of nitrogens with one attached hydrogen (secondary N) is 3. The van der Waals surface area contributed by atoms with E-state index in [1.165, 1.54) is 23.9 Å². The lowest BCUT2D eigenvalue weighted by molar-refractivity contribution is -0.146. The van der Waals surface area contributed by atoms with Crippen LogP contribution in [0.3, 0.4) is 0 Å². The lowest BCUT2D eigenvalue weighted by Gasteiger charge is -2.41. The molecule has 7 nitrogen and oxygen atoms in total. The smallest absolute Gasteiger partial charge is 0.308 e. The van der Waals surface area contributed by atoms with Gasteiger partial charge < -0.3 is 5.11 Å². The van der Waals surface area contributed by atoms with Gasteiger partial charge in [0.15, 0.2) is 0 Å². The molecule has 112 valence electrons. The SMILES string of the molecule is Cl.O=C(O)C1CC(N2C=CSN2)NCC1N1C=CSN1. The second-order valence-electron chi connectivity index (χ2n) is 4.47. The number of carboxylic acid groups (broad SMARTS) is 1. The van der Waals surface area contributed by atoms with Crippen LogP contribution in [0.4, 0.5) is 0 Å². The summed E-state index contributed by atoms with van der Waals surface area (Å²) in [6, 6.07) is -0.0840. The summed E-state index contributed by atoms with van der Waals surface area (Å²) in [6.07, 6.45) is 4.36. The van der Waals surface area contributed by atoms with E-state index in [1.54, 1.807) is 0 Å². The summed E-state index contributed by atoms with van der Waals surface area (Å²) in [5.74, 6) is -1.16. The number of rotatable bonds is 3. The first-order valence-electron chi connectivity index (χ1n) is 5.94. The molecule has 3 aliphatic rings. The van der Waals surface area contributed by atoms with E-state index in [1.807, 2.05) is 33.2 Å². The molecule has 0 aromatic carbocycles. The van der Waals surface area contributed by atoms with E-state index >= 15 is 0 Å². The molecule has 3 unspecified atom stereocenters. The molecule has 0 saturated carbocycles. The highest BCUT2D eigenvalue weighted by molar-refractivity contribution is 8.00. The fraction of sp³-hybridized carbons (Fsp3) is 0.500. The van der Waals surface area contributed by atoms with Gasteiger partial charge in [0.25, 0.3) is 0 Å². The van der Waals surface area contributed by atoms with Gasteiger partial charge in [0, 0.05) is 29.8 Å². The van der Waals surface area contributed by atoms with Crippen molar-refractivity contribution in [2.45, 2.75) is 18.6 Å². The van der Waals surface area contributed by atoms with Gasteiger partial charge in [-0.05, 0) is 30.3 Å². The van der Waals surface area contributed by atoms with Crippen molar-refractivity contribution in [3.05, 3.63) is 23.2 Å². The van der Waals surface area contributed by atoms with Crippen LogP contribution in [0.5, 0.6) is 0 Å². The minimum Gasteiger partial charge on any atom is -0.481 e. The zero-order valence-corrected chi connectivity index (χ0v) is 12.9. The summed E-state index contributed by atoms with van der Waals surface area (Å²) in [4.78, 5) is 17.7. The van der Waals surface area contributed by atoms with Gasteiger partial charge in [0.05, 0.1) is 18.1 Å². The Balaban J connectivity index is 0.00000147. The van der Waals surface area contributed by atoms with Crippen LogP contribution < -0.4 is 15.0 Å². The van der Waals surface area contributed by atoms with Crippen molar-refractivity contribution < 1.29 is 9.90 Å². The number of halogens is 1.